The highest BCUT2D eigenvalue weighted by atomic mass is 32.2. The molecule has 0 aliphatic carbocycles. The smallest absolute Gasteiger partial charge is 0.262 e. The van der Waals surface area contributed by atoms with Gasteiger partial charge in [0.15, 0.2) is 0 Å². The molecule has 0 atom stereocenters. The van der Waals surface area contributed by atoms with Crippen LogP contribution in [-0.4, -0.2) is 8.42 Å². The summed E-state index contributed by atoms with van der Waals surface area (Å²) in [6, 6.07) is 10.9. The summed E-state index contributed by atoms with van der Waals surface area (Å²) in [7, 11) is -3.82. The van der Waals surface area contributed by atoms with Gasteiger partial charge in [-0.05, 0) is 43.2 Å². The first-order chi connectivity index (χ1) is 9.38. The third-order valence-corrected chi connectivity index (χ3v) is 4.20. The fourth-order valence-corrected chi connectivity index (χ4v) is 2.54. The Morgan fingerprint density at radius 1 is 1.05 bits per heavy atom. The zero-order chi connectivity index (χ0) is 14.8. The SMILES string of the molecule is Cc1ccc(S(=O)(=O)OCc2ccc(C)c(F)c2)cc1. The molecule has 0 aliphatic heterocycles. The van der Waals surface area contributed by atoms with Crippen LogP contribution in [0.25, 0.3) is 0 Å². The first-order valence-electron chi connectivity index (χ1n) is 6.09. The van der Waals surface area contributed by atoms with E-state index in [1.807, 2.05) is 6.92 Å². The summed E-state index contributed by atoms with van der Waals surface area (Å²) in [6.45, 7) is 3.32. The number of rotatable bonds is 4. The van der Waals surface area contributed by atoms with E-state index in [2.05, 4.69) is 0 Å². The third-order valence-electron chi connectivity index (χ3n) is 2.93. The maximum atomic E-state index is 13.4. The number of hydrogen-bond donors (Lipinski definition) is 0. The van der Waals surface area contributed by atoms with E-state index < -0.39 is 10.1 Å². The topological polar surface area (TPSA) is 43.4 Å². The molecule has 2 aromatic rings. The molecule has 106 valence electrons. The molecule has 5 heteroatoms. The van der Waals surface area contributed by atoms with Gasteiger partial charge in [-0.2, -0.15) is 8.42 Å². The molecule has 0 N–H and O–H groups in total. The summed E-state index contributed by atoms with van der Waals surface area (Å²) in [5, 5.41) is 0. The summed E-state index contributed by atoms with van der Waals surface area (Å²) >= 11 is 0. The Hall–Kier alpha value is -1.72. The van der Waals surface area contributed by atoms with Gasteiger partial charge in [-0.25, -0.2) is 4.39 Å². The maximum Gasteiger partial charge on any atom is 0.297 e. The van der Waals surface area contributed by atoms with Gasteiger partial charge in [0.25, 0.3) is 10.1 Å². The van der Waals surface area contributed by atoms with Crippen molar-refractivity contribution in [3.05, 3.63) is 65.0 Å². The number of halogens is 1. The summed E-state index contributed by atoms with van der Waals surface area (Å²) < 4.78 is 42.2. The van der Waals surface area contributed by atoms with Gasteiger partial charge in [0, 0.05) is 0 Å². The lowest BCUT2D eigenvalue weighted by atomic mass is 10.1. The highest BCUT2D eigenvalue weighted by molar-refractivity contribution is 7.86. The van der Waals surface area contributed by atoms with Crippen LogP contribution < -0.4 is 0 Å². The molecular formula is C15H15FO3S. The van der Waals surface area contributed by atoms with Crippen LogP contribution in [-0.2, 0) is 20.9 Å². The Morgan fingerprint density at radius 3 is 2.30 bits per heavy atom. The molecule has 0 bridgehead atoms. The second kappa shape index (κ2) is 5.73. The summed E-state index contributed by atoms with van der Waals surface area (Å²) in [6.07, 6.45) is 0. The van der Waals surface area contributed by atoms with E-state index in [0.717, 1.165) is 5.56 Å². The molecule has 0 spiro atoms. The molecular weight excluding hydrogens is 279 g/mol. The molecule has 0 aromatic heterocycles. The van der Waals surface area contributed by atoms with Crippen LogP contribution in [0, 0.1) is 19.7 Å². The molecule has 0 radical (unpaired) electrons. The van der Waals surface area contributed by atoms with E-state index in [9.17, 15) is 12.8 Å². The van der Waals surface area contributed by atoms with E-state index in [1.165, 1.54) is 18.2 Å². The zero-order valence-corrected chi connectivity index (χ0v) is 12.1. The van der Waals surface area contributed by atoms with Crippen molar-refractivity contribution >= 4 is 10.1 Å². The second-order valence-corrected chi connectivity index (χ2v) is 6.23. The van der Waals surface area contributed by atoms with Crippen molar-refractivity contribution in [2.24, 2.45) is 0 Å². The van der Waals surface area contributed by atoms with Crippen LogP contribution in [0.3, 0.4) is 0 Å². The Labute approximate surface area is 118 Å². The minimum absolute atomic E-state index is 0.0932. The van der Waals surface area contributed by atoms with Crippen molar-refractivity contribution in [1.82, 2.24) is 0 Å². The Kier molecular flexibility index (Phi) is 4.20. The predicted octanol–water partition coefficient (Wildman–Crippen LogP) is 3.35. The van der Waals surface area contributed by atoms with Crippen LogP contribution in [0.5, 0.6) is 0 Å². The molecule has 0 heterocycles. The van der Waals surface area contributed by atoms with Gasteiger partial charge in [0.2, 0.25) is 0 Å². The molecule has 0 fully saturated rings. The lowest BCUT2D eigenvalue weighted by Crippen LogP contribution is -2.06. The second-order valence-electron chi connectivity index (χ2n) is 4.61. The average Bonchev–Trinajstić information content (AvgIpc) is 2.41. The molecule has 3 nitrogen and oxygen atoms in total. The van der Waals surface area contributed by atoms with Gasteiger partial charge in [-0.3, -0.25) is 4.18 Å². The average molecular weight is 294 g/mol. The first kappa shape index (κ1) is 14.7. The fourth-order valence-electron chi connectivity index (χ4n) is 1.64. The van der Waals surface area contributed by atoms with Gasteiger partial charge >= 0.3 is 0 Å². The van der Waals surface area contributed by atoms with Crippen molar-refractivity contribution in [2.75, 3.05) is 0 Å². The monoisotopic (exact) mass is 294 g/mol. The molecule has 0 aliphatic rings. The number of hydrogen-bond acceptors (Lipinski definition) is 3. The molecule has 0 saturated heterocycles. The van der Waals surface area contributed by atoms with Crippen molar-refractivity contribution < 1.29 is 17.0 Å². The molecule has 2 aromatic carbocycles. The van der Waals surface area contributed by atoms with Crippen LogP contribution in [0.1, 0.15) is 16.7 Å². The number of aryl methyl sites for hydroxylation is 2. The lowest BCUT2D eigenvalue weighted by molar-refractivity contribution is 0.307. The molecule has 0 amide bonds. The van der Waals surface area contributed by atoms with E-state index in [-0.39, 0.29) is 17.3 Å². The summed E-state index contributed by atoms with van der Waals surface area (Å²) in [5.74, 6) is -0.376. The van der Waals surface area contributed by atoms with Crippen LogP contribution >= 0.6 is 0 Å². The molecule has 0 saturated carbocycles. The minimum atomic E-state index is -3.82. The Bertz CT molecular complexity index is 706. The summed E-state index contributed by atoms with van der Waals surface area (Å²) in [5.41, 5.74) is 1.95. The van der Waals surface area contributed by atoms with E-state index in [0.29, 0.717) is 11.1 Å². The quantitative estimate of drug-likeness (QED) is 0.812. The first-order valence-corrected chi connectivity index (χ1v) is 7.50. The normalized spacial score (nSPS) is 11.6. The molecule has 2 rings (SSSR count). The van der Waals surface area contributed by atoms with Crippen LogP contribution in [0.15, 0.2) is 47.4 Å². The molecule has 20 heavy (non-hydrogen) atoms. The highest BCUT2D eigenvalue weighted by Gasteiger charge is 2.15. The van der Waals surface area contributed by atoms with Gasteiger partial charge < -0.3 is 0 Å². The van der Waals surface area contributed by atoms with Crippen molar-refractivity contribution in [2.45, 2.75) is 25.3 Å². The predicted molar refractivity (Wildman–Crippen MR) is 74.3 cm³/mol. The van der Waals surface area contributed by atoms with E-state index >= 15 is 0 Å². The lowest BCUT2D eigenvalue weighted by Gasteiger charge is -2.07. The van der Waals surface area contributed by atoms with Crippen molar-refractivity contribution in [3.63, 3.8) is 0 Å². The van der Waals surface area contributed by atoms with Crippen LogP contribution in [0.2, 0.25) is 0 Å². The van der Waals surface area contributed by atoms with E-state index in [4.69, 9.17) is 4.18 Å². The minimum Gasteiger partial charge on any atom is -0.262 e. The van der Waals surface area contributed by atoms with Gasteiger partial charge in [-0.15, -0.1) is 0 Å². The Balaban J connectivity index is 2.13. The van der Waals surface area contributed by atoms with Crippen LogP contribution in [0.4, 0.5) is 4.39 Å². The van der Waals surface area contributed by atoms with Crippen molar-refractivity contribution in [1.29, 1.82) is 0 Å². The highest BCUT2D eigenvalue weighted by Crippen LogP contribution is 2.16. The number of benzene rings is 2. The fraction of sp³-hybridized carbons (Fsp3) is 0.200. The third kappa shape index (κ3) is 3.43. The van der Waals surface area contributed by atoms with Crippen molar-refractivity contribution in [3.8, 4) is 0 Å². The van der Waals surface area contributed by atoms with Gasteiger partial charge in [-0.1, -0.05) is 29.8 Å². The van der Waals surface area contributed by atoms with Gasteiger partial charge in [0.1, 0.15) is 5.82 Å². The Morgan fingerprint density at radius 2 is 1.70 bits per heavy atom. The standard InChI is InChI=1S/C15H15FO3S/c1-11-3-7-14(8-4-11)20(17,18)19-10-13-6-5-12(2)15(16)9-13/h3-9H,10H2,1-2H3. The zero-order valence-electron chi connectivity index (χ0n) is 11.3. The largest absolute Gasteiger partial charge is 0.297 e. The van der Waals surface area contributed by atoms with E-state index in [1.54, 1.807) is 31.2 Å². The maximum absolute atomic E-state index is 13.4. The van der Waals surface area contributed by atoms with Gasteiger partial charge in [0.05, 0.1) is 11.5 Å². The summed E-state index contributed by atoms with van der Waals surface area (Å²) in [4.78, 5) is 0.0932. The molecule has 0 unspecified atom stereocenters.